The number of nitrogens with zero attached hydrogens (tertiary/aromatic N) is 4. The predicted octanol–water partition coefficient (Wildman–Crippen LogP) is 3.19. The van der Waals surface area contributed by atoms with E-state index in [4.69, 9.17) is 0 Å². The molecule has 0 saturated carbocycles. The number of hydrogen-bond acceptors (Lipinski definition) is 5. The first kappa shape index (κ1) is 30.3. The number of anilines is 1. The second-order valence-electron chi connectivity index (χ2n) is 9.81. The fraction of sp³-hybridized carbons (Fsp3) is 0.464. The van der Waals surface area contributed by atoms with Gasteiger partial charge in [0.15, 0.2) is 0 Å². The molecule has 2 N–H and O–H groups in total. The summed E-state index contributed by atoms with van der Waals surface area (Å²) in [6, 6.07) is 11.9. The maximum absolute atomic E-state index is 13.5. The van der Waals surface area contributed by atoms with E-state index in [-0.39, 0.29) is 43.4 Å². The number of carbonyl (C=O) groups excluding carboxylic acids is 2. The maximum Gasteiger partial charge on any atom is 0.257 e. The third-order valence-electron chi connectivity index (χ3n) is 7.12. The van der Waals surface area contributed by atoms with Crippen LogP contribution in [0.25, 0.3) is 10.9 Å². The summed E-state index contributed by atoms with van der Waals surface area (Å²) in [5, 5.41) is 10.9. The van der Waals surface area contributed by atoms with Gasteiger partial charge in [-0.15, -0.1) is 12.4 Å². The van der Waals surface area contributed by atoms with E-state index in [1.54, 1.807) is 22.1 Å². The molecule has 0 unspecified atom stereocenters. The van der Waals surface area contributed by atoms with E-state index in [1.165, 1.54) is 15.8 Å². The molecule has 0 fully saturated rings. The monoisotopic (exact) mass is 562 g/mol. The summed E-state index contributed by atoms with van der Waals surface area (Å²) in [6.45, 7) is 5.31. The van der Waals surface area contributed by atoms with Crippen molar-refractivity contribution in [3.63, 3.8) is 0 Å². The highest BCUT2D eigenvalue weighted by Gasteiger charge is 2.29. The standard InChI is InChI=1S/C28H36F2N6O2.ClH/c1-4-31-9-10-32-27(37)17-35(18-28(38)34(3)23-12-20-7-5-6-8-21(20)13-23)24-14-22-15-33-36(16-26(29)30)25(22)11-19(24)2;/h5-8,11,14-15,23,26,31H,4,9-10,12-13,16-18H2,1-3H3,(H,32,37);1H. The summed E-state index contributed by atoms with van der Waals surface area (Å²) in [5.41, 5.74) is 4.59. The van der Waals surface area contributed by atoms with Crippen LogP contribution < -0.4 is 15.5 Å². The highest BCUT2D eigenvalue weighted by molar-refractivity contribution is 5.90. The zero-order chi connectivity index (χ0) is 27.2. The Bertz CT molecular complexity index is 1260. The van der Waals surface area contributed by atoms with Gasteiger partial charge in [0.2, 0.25) is 11.8 Å². The summed E-state index contributed by atoms with van der Waals surface area (Å²) in [6.07, 6.45) is 0.629. The van der Waals surface area contributed by atoms with E-state index in [9.17, 15) is 18.4 Å². The molecule has 1 aliphatic carbocycles. The van der Waals surface area contributed by atoms with Gasteiger partial charge in [0.25, 0.3) is 6.43 Å². The van der Waals surface area contributed by atoms with Crippen molar-refractivity contribution < 1.29 is 18.4 Å². The number of aryl methyl sites for hydroxylation is 1. The van der Waals surface area contributed by atoms with E-state index in [2.05, 4.69) is 27.9 Å². The Morgan fingerprint density at radius 3 is 2.46 bits per heavy atom. The average Bonchev–Trinajstić information content (AvgIpc) is 3.49. The largest absolute Gasteiger partial charge is 0.353 e. The molecular formula is C28H37ClF2N6O2. The molecule has 0 atom stereocenters. The SMILES string of the molecule is CCNCCNC(=O)CN(CC(=O)N(C)C1Cc2ccccc2C1)c1cc2cnn(CC(F)F)c2cc1C.Cl. The average molecular weight is 563 g/mol. The maximum atomic E-state index is 13.5. The molecule has 11 heteroatoms. The summed E-state index contributed by atoms with van der Waals surface area (Å²) in [5.74, 6) is -0.282. The van der Waals surface area contributed by atoms with Gasteiger partial charge in [-0.2, -0.15) is 5.10 Å². The number of nitrogens with one attached hydrogen (secondary N) is 2. The number of amides is 2. The van der Waals surface area contributed by atoms with Crippen molar-refractivity contribution in [3.05, 3.63) is 59.3 Å². The number of likely N-dealkylation sites (N-methyl/N-ethyl adjacent to an activating group) is 2. The first-order chi connectivity index (χ1) is 18.3. The lowest BCUT2D eigenvalue weighted by Crippen LogP contribution is -2.47. The van der Waals surface area contributed by atoms with Gasteiger partial charge in [0.1, 0.15) is 6.54 Å². The van der Waals surface area contributed by atoms with E-state index in [0.29, 0.717) is 29.7 Å². The lowest BCUT2D eigenvalue weighted by Gasteiger charge is -2.30. The number of aromatic nitrogens is 2. The van der Waals surface area contributed by atoms with Crippen molar-refractivity contribution in [1.29, 1.82) is 0 Å². The van der Waals surface area contributed by atoms with Gasteiger partial charge >= 0.3 is 0 Å². The highest BCUT2D eigenvalue weighted by atomic mass is 35.5. The summed E-state index contributed by atoms with van der Waals surface area (Å²) < 4.78 is 27.3. The molecule has 1 aliphatic rings. The van der Waals surface area contributed by atoms with Crippen LogP contribution in [0.5, 0.6) is 0 Å². The molecule has 0 spiro atoms. The molecule has 1 aromatic heterocycles. The highest BCUT2D eigenvalue weighted by Crippen LogP contribution is 2.28. The number of hydrogen-bond donors (Lipinski definition) is 2. The molecule has 2 amide bonds. The van der Waals surface area contributed by atoms with Crippen LogP contribution in [0.3, 0.4) is 0 Å². The van der Waals surface area contributed by atoms with Gasteiger partial charge in [0, 0.05) is 37.3 Å². The minimum absolute atomic E-state index is 0. The molecule has 3 aromatic rings. The van der Waals surface area contributed by atoms with Crippen LogP contribution >= 0.6 is 12.4 Å². The normalized spacial score (nSPS) is 12.9. The Balaban J connectivity index is 0.00000420. The predicted molar refractivity (Wildman–Crippen MR) is 152 cm³/mol. The van der Waals surface area contributed by atoms with Crippen molar-refractivity contribution >= 4 is 40.8 Å². The van der Waals surface area contributed by atoms with Crippen LogP contribution in [-0.2, 0) is 29.0 Å². The first-order valence-corrected chi connectivity index (χ1v) is 13.1. The van der Waals surface area contributed by atoms with Gasteiger partial charge in [-0.25, -0.2) is 8.78 Å². The molecule has 2 aromatic carbocycles. The minimum atomic E-state index is -2.52. The summed E-state index contributed by atoms with van der Waals surface area (Å²) in [4.78, 5) is 29.9. The topological polar surface area (TPSA) is 82.5 Å². The van der Waals surface area contributed by atoms with E-state index < -0.39 is 13.0 Å². The fourth-order valence-electron chi connectivity index (χ4n) is 5.05. The first-order valence-electron chi connectivity index (χ1n) is 13.1. The summed E-state index contributed by atoms with van der Waals surface area (Å²) >= 11 is 0. The van der Waals surface area contributed by atoms with Crippen molar-refractivity contribution in [1.82, 2.24) is 25.3 Å². The third kappa shape index (κ3) is 7.45. The van der Waals surface area contributed by atoms with Crippen LogP contribution in [0.1, 0.15) is 23.6 Å². The van der Waals surface area contributed by atoms with E-state index in [1.807, 2.05) is 39.1 Å². The second kappa shape index (κ2) is 13.7. The van der Waals surface area contributed by atoms with Crippen molar-refractivity contribution in [2.45, 2.75) is 45.7 Å². The van der Waals surface area contributed by atoms with Crippen LogP contribution in [0, 0.1) is 6.92 Å². The molecule has 0 saturated heterocycles. The van der Waals surface area contributed by atoms with Crippen molar-refractivity contribution in [2.75, 3.05) is 44.7 Å². The fourth-order valence-corrected chi connectivity index (χ4v) is 5.05. The zero-order valence-electron chi connectivity index (χ0n) is 22.6. The minimum Gasteiger partial charge on any atom is -0.353 e. The van der Waals surface area contributed by atoms with Gasteiger partial charge in [-0.1, -0.05) is 31.2 Å². The molecule has 8 nitrogen and oxygen atoms in total. The van der Waals surface area contributed by atoms with E-state index >= 15 is 0 Å². The Labute approximate surface area is 234 Å². The number of fused-ring (bicyclic) bond motifs is 2. The van der Waals surface area contributed by atoms with Gasteiger partial charge in [0.05, 0.1) is 24.8 Å². The molecule has 4 rings (SSSR count). The number of benzene rings is 2. The molecule has 1 heterocycles. The lowest BCUT2D eigenvalue weighted by atomic mass is 10.1. The van der Waals surface area contributed by atoms with Crippen LogP contribution in [0.2, 0.25) is 0 Å². The Morgan fingerprint density at radius 2 is 1.82 bits per heavy atom. The Hall–Kier alpha value is -3.24. The lowest BCUT2D eigenvalue weighted by molar-refractivity contribution is -0.130. The van der Waals surface area contributed by atoms with E-state index in [0.717, 1.165) is 24.9 Å². The molecule has 0 aliphatic heterocycles. The third-order valence-corrected chi connectivity index (χ3v) is 7.12. The number of alkyl halides is 2. The van der Waals surface area contributed by atoms with Crippen LogP contribution in [-0.4, -0.2) is 78.7 Å². The Kier molecular flexibility index (Phi) is 10.7. The molecule has 0 bridgehead atoms. The van der Waals surface area contributed by atoms with Crippen molar-refractivity contribution in [3.8, 4) is 0 Å². The molecule has 212 valence electrons. The van der Waals surface area contributed by atoms with Gasteiger partial charge in [-0.3, -0.25) is 14.3 Å². The molecule has 0 radical (unpaired) electrons. The van der Waals surface area contributed by atoms with Gasteiger partial charge in [-0.05, 0) is 55.1 Å². The van der Waals surface area contributed by atoms with Crippen molar-refractivity contribution in [2.24, 2.45) is 0 Å². The quantitative estimate of drug-likeness (QED) is 0.331. The smallest absolute Gasteiger partial charge is 0.257 e. The zero-order valence-corrected chi connectivity index (χ0v) is 23.4. The van der Waals surface area contributed by atoms with Crippen LogP contribution in [0.15, 0.2) is 42.6 Å². The number of carbonyl (C=O) groups is 2. The molecular weight excluding hydrogens is 526 g/mol. The number of rotatable bonds is 12. The number of halogens is 3. The Morgan fingerprint density at radius 1 is 1.13 bits per heavy atom. The molecule has 39 heavy (non-hydrogen) atoms. The van der Waals surface area contributed by atoms with Gasteiger partial charge < -0.3 is 20.4 Å². The van der Waals surface area contributed by atoms with Crippen LogP contribution in [0.4, 0.5) is 14.5 Å². The second-order valence-corrected chi connectivity index (χ2v) is 9.81. The summed E-state index contributed by atoms with van der Waals surface area (Å²) in [7, 11) is 1.82.